The Morgan fingerprint density at radius 2 is 1.97 bits per heavy atom. The predicted octanol–water partition coefficient (Wildman–Crippen LogP) is 4.56. The van der Waals surface area contributed by atoms with Gasteiger partial charge in [0.05, 0.1) is 27.2 Å². The van der Waals surface area contributed by atoms with E-state index in [1.54, 1.807) is 36.4 Å². The van der Waals surface area contributed by atoms with Crippen molar-refractivity contribution in [2.24, 2.45) is 5.10 Å². The van der Waals surface area contributed by atoms with Gasteiger partial charge in [-0.2, -0.15) is 5.10 Å². The Labute approximate surface area is 175 Å². The molecule has 4 aromatic rings. The van der Waals surface area contributed by atoms with E-state index in [2.05, 4.69) is 20.5 Å². The number of hydrogen-bond donors (Lipinski definition) is 2. The number of aromatic amines is 1. The van der Waals surface area contributed by atoms with Crippen LogP contribution in [0.15, 0.2) is 71.8 Å². The van der Waals surface area contributed by atoms with Crippen LogP contribution in [0.3, 0.4) is 0 Å². The molecule has 0 aliphatic heterocycles. The highest BCUT2D eigenvalue weighted by Gasteiger charge is 2.11. The Morgan fingerprint density at radius 1 is 1.13 bits per heavy atom. The Balaban J connectivity index is 1.52. The minimum atomic E-state index is -0.494. The third-order valence-electron chi connectivity index (χ3n) is 4.33. The maximum atomic E-state index is 12.4. The lowest BCUT2D eigenvalue weighted by Gasteiger charge is -2.00. The van der Waals surface area contributed by atoms with E-state index in [0.29, 0.717) is 33.0 Å². The van der Waals surface area contributed by atoms with E-state index in [9.17, 15) is 14.9 Å². The minimum Gasteiger partial charge on any atom is -0.338 e. The van der Waals surface area contributed by atoms with Crippen molar-refractivity contribution in [1.29, 1.82) is 0 Å². The summed E-state index contributed by atoms with van der Waals surface area (Å²) in [4.78, 5) is 30.4. The molecule has 4 rings (SSSR count). The van der Waals surface area contributed by atoms with Crippen LogP contribution in [0.5, 0.6) is 0 Å². The molecule has 2 N–H and O–H groups in total. The standard InChI is InChI=1S/C21H14ClN5O3/c22-17-7-2-1-6-16(17)20-24-18-9-8-14(11-19(18)25-20)21(28)26-23-12-13-4-3-5-15(10-13)27(29)30/h1-12H,(H,24,25)(H,26,28)/b23-12+. The highest BCUT2D eigenvalue weighted by molar-refractivity contribution is 6.33. The summed E-state index contributed by atoms with van der Waals surface area (Å²) in [5.41, 5.74) is 5.39. The van der Waals surface area contributed by atoms with Crippen LogP contribution in [0.1, 0.15) is 15.9 Å². The zero-order valence-electron chi connectivity index (χ0n) is 15.4. The summed E-state index contributed by atoms with van der Waals surface area (Å²) >= 11 is 6.23. The number of nitrogens with one attached hydrogen (secondary N) is 2. The number of halogens is 1. The average molecular weight is 420 g/mol. The van der Waals surface area contributed by atoms with Crippen molar-refractivity contribution >= 4 is 40.4 Å². The van der Waals surface area contributed by atoms with Crippen molar-refractivity contribution in [2.45, 2.75) is 0 Å². The zero-order chi connectivity index (χ0) is 21.1. The lowest BCUT2D eigenvalue weighted by Crippen LogP contribution is -2.17. The molecule has 0 atom stereocenters. The van der Waals surface area contributed by atoms with Crippen molar-refractivity contribution in [2.75, 3.05) is 0 Å². The molecule has 1 heterocycles. The van der Waals surface area contributed by atoms with Crippen LogP contribution in [0.25, 0.3) is 22.4 Å². The SMILES string of the molecule is O=C(N/N=C/c1cccc([N+](=O)[O-])c1)c1ccc2nc(-c3ccccc3Cl)[nH]c2c1. The molecule has 0 unspecified atom stereocenters. The van der Waals surface area contributed by atoms with Crippen molar-refractivity contribution in [3.8, 4) is 11.4 Å². The molecular formula is C21H14ClN5O3. The van der Waals surface area contributed by atoms with Crippen LogP contribution in [0.2, 0.25) is 5.02 Å². The van der Waals surface area contributed by atoms with Crippen molar-refractivity contribution in [3.05, 3.63) is 93.0 Å². The van der Waals surface area contributed by atoms with Crippen LogP contribution in [0.4, 0.5) is 5.69 Å². The molecular weight excluding hydrogens is 406 g/mol. The van der Waals surface area contributed by atoms with E-state index < -0.39 is 10.8 Å². The first-order valence-corrected chi connectivity index (χ1v) is 9.21. The predicted molar refractivity (Wildman–Crippen MR) is 115 cm³/mol. The maximum absolute atomic E-state index is 12.4. The molecule has 0 aliphatic rings. The van der Waals surface area contributed by atoms with Gasteiger partial charge in [0.2, 0.25) is 0 Å². The van der Waals surface area contributed by atoms with Crippen molar-refractivity contribution in [1.82, 2.24) is 15.4 Å². The second kappa shape index (κ2) is 8.14. The molecule has 0 saturated carbocycles. The number of non-ortho nitro benzene ring substituents is 1. The summed E-state index contributed by atoms with van der Waals surface area (Å²) in [5.74, 6) is 0.185. The summed E-state index contributed by atoms with van der Waals surface area (Å²) in [6, 6.07) is 18.3. The second-order valence-electron chi connectivity index (χ2n) is 6.35. The Morgan fingerprint density at radius 3 is 2.77 bits per heavy atom. The summed E-state index contributed by atoms with van der Waals surface area (Å²) in [7, 11) is 0. The molecule has 8 nitrogen and oxygen atoms in total. The largest absolute Gasteiger partial charge is 0.338 e. The van der Waals surface area contributed by atoms with Gasteiger partial charge in [0.15, 0.2) is 0 Å². The van der Waals surface area contributed by atoms with E-state index in [-0.39, 0.29) is 5.69 Å². The van der Waals surface area contributed by atoms with Crippen LogP contribution in [0, 0.1) is 10.1 Å². The fourth-order valence-corrected chi connectivity index (χ4v) is 3.11. The van der Waals surface area contributed by atoms with Gasteiger partial charge in [0.25, 0.3) is 11.6 Å². The summed E-state index contributed by atoms with van der Waals surface area (Å²) in [5, 5.41) is 15.3. The first-order chi connectivity index (χ1) is 14.5. The molecule has 0 radical (unpaired) electrons. The molecule has 1 aromatic heterocycles. The highest BCUT2D eigenvalue weighted by atomic mass is 35.5. The second-order valence-corrected chi connectivity index (χ2v) is 6.76. The van der Waals surface area contributed by atoms with Gasteiger partial charge >= 0.3 is 0 Å². The van der Waals surface area contributed by atoms with Crippen LogP contribution in [-0.2, 0) is 0 Å². The number of hydrazone groups is 1. The molecule has 0 spiro atoms. The van der Waals surface area contributed by atoms with Crippen LogP contribution in [-0.4, -0.2) is 27.0 Å². The van der Waals surface area contributed by atoms with Crippen LogP contribution >= 0.6 is 11.6 Å². The number of nitro groups is 1. The van der Waals surface area contributed by atoms with E-state index in [4.69, 9.17) is 11.6 Å². The fourth-order valence-electron chi connectivity index (χ4n) is 2.88. The molecule has 148 valence electrons. The summed E-state index contributed by atoms with van der Waals surface area (Å²) < 4.78 is 0. The lowest BCUT2D eigenvalue weighted by atomic mass is 10.2. The first kappa shape index (κ1) is 19.3. The number of nitrogens with zero attached hydrogens (tertiary/aromatic N) is 3. The molecule has 3 aromatic carbocycles. The third-order valence-corrected chi connectivity index (χ3v) is 4.66. The van der Waals surface area contributed by atoms with E-state index in [1.165, 1.54) is 18.3 Å². The quantitative estimate of drug-likeness (QED) is 0.280. The fraction of sp³-hybridized carbons (Fsp3) is 0. The molecule has 30 heavy (non-hydrogen) atoms. The van der Waals surface area contributed by atoms with Gasteiger partial charge in [-0.3, -0.25) is 14.9 Å². The first-order valence-electron chi connectivity index (χ1n) is 8.84. The Kier molecular flexibility index (Phi) is 5.23. The number of carbonyl (C=O) groups excluding carboxylic acids is 1. The normalized spacial score (nSPS) is 11.1. The van der Waals surface area contributed by atoms with Crippen LogP contribution < -0.4 is 5.43 Å². The number of fused-ring (bicyclic) bond motifs is 1. The number of amides is 1. The van der Waals surface area contributed by atoms with Gasteiger partial charge in [-0.05, 0) is 30.3 Å². The Hall–Kier alpha value is -4.04. The number of H-pyrrole nitrogens is 1. The third kappa shape index (κ3) is 4.03. The molecule has 0 bridgehead atoms. The molecule has 0 aliphatic carbocycles. The molecule has 1 amide bonds. The number of imidazole rings is 1. The number of benzene rings is 3. The van der Waals surface area contributed by atoms with Gasteiger partial charge < -0.3 is 4.98 Å². The number of aromatic nitrogens is 2. The average Bonchev–Trinajstić information content (AvgIpc) is 3.17. The van der Waals surface area contributed by atoms with E-state index >= 15 is 0 Å². The van der Waals surface area contributed by atoms with Gasteiger partial charge in [-0.15, -0.1) is 0 Å². The lowest BCUT2D eigenvalue weighted by molar-refractivity contribution is -0.384. The zero-order valence-corrected chi connectivity index (χ0v) is 16.1. The number of rotatable bonds is 5. The Bertz CT molecular complexity index is 1300. The highest BCUT2D eigenvalue weighted by Crippen LogP contribution is 2.27. The topological polar surface area (TPSA) is 113 Å². The van der Waals surface area contributed by atoms with Gasteiger partial charge in [-0.1, -0.05) is 35.9 Å². The van der Waals surface area contributed by atoms with E-state index in [1.807, 2.05) is 18.2 Å². The van der Waals surface area contributed by atoms with Crippen molar-refractivity contribution in [3.63, 3.8) is 0 Å². The van der Waals surface area contributed by atoms with Gasteiger partial charge in [0.1, 0.15) is 5.82 Å². The number of carbonyl (C=O) groups is 1. The monoisotopic (exact) mass is 419 g/mol. The summed E-state index contributed by atoms with van der Waals surface area (Å²) in [6.07, 6.45) is 1.34. The number of hydrogen-bond acceptors (Lipinski definition) is 5. The van der Waals surface area contributed by atoms with E-state index in [0.717, 1.165) is 5.56 Å². The smallest absolute Gasteiger partial charge is 0.271 e. The number of nitro benzene ring substituents is 1. The molecule has 9 heteroatoms. The summed E-state index contributed by atoms with van der Waals surface area (Å²) in [6.45, 7) is 0. The molecule has 0 saturated heterocycles. The molecule has 0 fully saturated rings. The maximum Gasteiger partial charge on any atom is 0.271 e. The minimum absolute atomic E-state index is 0.0516. The van der Waals surface area contributed by atoms with Crippen molar-refractivity contribution < 1.29 is 9.72 Å². The van der Waals surface area contributed by atoms with Gasteiger partial charge in [-0.25, -0.2) is 10.4 Å². The van der Waals surface area contributed by atoms with Gasteiger partial charge in [0, 0.05) is 28.8 Å².